The number of benzene rings is 1. The van der Waals surface area contributed by atoms with Crippen LogP contribution < -0.4 is 0 Å². The van der Waals surface area contributed by atoms with Gasteiger partial charge in [-0.1, -0.05) is 61.1 Å². The van der Waals surface area contributed by atoms with Crippen LogP contribution in [0.3, 0.4) is 0 Å². The molecular formula is C18H24. The third-order valence-electron chi connectivity index (χ3n) is 4.13. The summed E-state index contributed by atoms with van der Waals surface area (Å²) in [6.45, 7) is 4.51. The van der Waals surface area contributed by atoms with Gasteiger partial charge in [0.25, 0.3) is 0 Å². The Morgan fingerprint density at radius 1 is 1.17 bits per heavy atom. The molecule has 0 heteroatoms. The van der Waals surface area contributed by atoms with Gasteiger partial charge in [-0.15, -0.1) is 0 Å². The molecule has 0 nitrogen and oxygen atoms in total. The van der Waals surface area contributed by atoms with Gasteiger partial charge in [-0.2, -0.15) is 0 Å². The third-order valence-corrected chi connectivity index (χ3v) is 4.13. The average Bonchev–Trinajstić information content (AvgIpc) is 2.45. The Morgan fingerprint density at radius 2 is 1.94 bits per heavy atom. The van der Waals surface area contributed by atoms with Gasteiger partial charge in [0.1, 0.15) is 0 Å². The lowest BCUT2D eigenvalue weighted by atomic mass is 9.76. The van der Waals surface area contributed by atoms with E-state index in [1.54, 1.807) is 5.57 Å². The van der Waals surface area contributed by atoms with Crippen LogP contribution in [0.2, 0.25) is 0 Å². The maximum atomic E-state index is 2.41. The molecule has 0 heterocycles. The molecule has 0 aromatic heterocycles. The Labute approximate surface area is 111 Å². The van der Waals surface area contributed by atoms with Crippen molar-refractivity contribution in [1.29, 1.82) is 0 Å². The number of allylic oxidation sites excluding steroid dienone is 3. The SMILES string of the molecule is C/C=C1\CC(/C=C/c2ccccc2)CCC1CC. The quantitative estimate of drug-likeness (QED) is 0.614. The zero-order valence-corrected chi connectivity index (χ0v) is 11.6. The molecule has 2 atom stereocenters. The molecule has 1 aliphatic carbocycles. The van der Waals surface area contributed by atoms with Crippen molar-refractivity contribution >= 4 is 6.08 Å². The molecule has 1 saturated carbocycles. The van der Waals surface area contributed by atoms with Crippen LogP contribution in [-0.2, 0) is 0 Å². The maximum Gasteiger partial charge on any atom is -0.0193 e. The van der Waals surface area contributed by atoms with Crippen molar-refractivity contribution in [3.8, 4) is 0 Å². The monoisotopic (exact) mass is 240 g/mol. The van der Waals surface area contributed by atoms with Crippen molar-refractivity contribution in [3.05, 3.63) is 53.6 Å². The van der Waals surface area contributed by atoms with Gasteiger partial charge in [-0.05, 0) is 50.0 Å². The number of hydrogen-bond acceptors (Lipinski definition) is 0. The molecule has 96 valence electrons. The smallest absolute Gasteiger partial charge is 0.0193 e. The first-order valence-electron chi connectivity index (χ1n) is 7.21. The molecule has 0 N–H and O–H groups in total. The van der Waals surface area contributed by atoms with Crippen molar-refractivity contribution in [2.45, 2.75) is 39.5 Å². The van der Waals surface area contributed by atoms with E-state index in [-0.39, 0.29) is 0 Å². The second-order valence-corrected chi connectivity index (χ2v) is 5.28. The van der Waals surface area contributed by atoms with E-state index in [0.29, 0.717) is 0 Å². The molecule has 0 saturated heterocycles. The van der Waals surface area contributed by atoms with Gasteiger partial charge in [-0.3, -0.25) is 0 Å². The van der Waals surface area contributed by atoms with E-state index in [2.05, 4.69) is 62.4 Å². The second kappa shape index (κ2) is 6.58. The van der Waals surface area contributed by atoms with Crippen LogP contribution in [0, 0.1) is 11.8 Å². The summed E-state index contributed by atoms with van der Waals surface area (Å²) in [5.74, 6) is 1.58. The molecule has 0 amide bonds. The van der Waals surface area contributed by atoms with Crippen molar-refractivity contribution in [3.63, 3.8) is 0 Å². The van der Waals surface area contributed by atoms with Crippen LogP contribution in [0.4, 0.5) is 0 Å². The normalized spacial score (nSPS) is 26.9. The summed E-state index contributed by atoms with van der Waals surface area (Å²) < 4.78 is 0. The number of rotatable bonds is 3. The van der Waals surface area contributed by atoms with Gasteiger partial charge < -0.3 is 0 Å². The van der Waals surface area contributed by atoms with Crippen molar-refractivity contribution < 1.29 is 0 Å². The Morgan fingerprint density at radius 3 is 2.61 bits per heavy atom. The van der Waals surface area contributed by atoms with E-state index in [1.165, 1.54) is 31.2 Å². The minimum atomic E-state index is 0.735. The third kappa shape index (κ3) is 3.35. The van der Waals surface area contributed by atoms with E-state index in [4.69, 9.17) is 0 Å². The Balaban J connectivity index is 1.98. The molecule has 18 heavy (non-hydrogen) atoms. The minimum Gasteiger partial charge on any atom is -0.0882 e. The first-order valence-corrected chi connectivity index (χ1v) is 7.21. The lowest BCUT2D eigenvalue weighted by molar-refractivity contribution is 0.388. The second-order valence-electron chi connectivity index (χ2n) is 5.28. The molecule has 1 aromatic carbocycles. The molecule has 1 aromatic rings. The molecule has 0 aliphatic heterocycles. The zero-order chi connectivity index (χ0) is 12.8. The highest BCUT2D eigenvalue weighted by Gasteiger charge is 2.21. The van der Waals surface area contributed by atoms with Crippen LogP contribution >= 0.6 is 0 Å². The van der Waals surface area contributed by atoms with Crippen LogP contribution in [-0.4, -0.2) is 0 Å². The summed E-state index contributed by atoms with van der Waals surface area (Å²) in [6, 6.07) is 10.6. The van der Waals surface area contributed by atoms with Crippen molar-refractivity contribution in [2.24, 2.45) is 11.8 Å². The molecule has 0 spiro atoms. The molecule has 0 bridgehead atoms. The van der Waals surface area contributed by atoms with E-state index >= 15 is 0 Å². The van der Waals surface area contributed by atoms with Crippen LogP contribution in [0.15, 0.2) is 48.1 Å². The topological polar surface area (TPSA) is 0 Å². The van der Waals surface area contributed by atoms with Crippen LogP contribution in [0.5, 0.6) is 0 Å². The fraction of sp³-hybridized carbons (Fsp3) is 0.444. The van der Waals surface area contributed by atoms with Crippen molar-refractivity contribution in [2.75, 3.05) is 0 Å². The zero-order valence-electron chi connectivity index (χ0n) is 11.6. The molecular weight excluding hydrogens is 216 g/mol. The van der Waals surface area contributed by atoms with Crippen LogP contribution in [0.1, 0.15) is 45.1 Å². The predicted molar refractivity (Wildman–Crippen MR) is 80.4 cm³/mol. The summed E-state index contributed by atoms with van der Waals surface area (Å²) in [5, 5.41) is 0. The Kier molecular flexibility index (Phi) is 4.81. The Bertz CT molecular complexity index is 411. The van der Waals surface area contributed by atoms with E-state index in [1.807, 2.05) is 0 Å². The largest absolute Gasteiger partial charge is 0.0882 e. The van der Waals surface area contributed by atoms with Gasteiger partial charge in [-0.25, -0.2) is 0 Å². The maximum absolute atomic E-state index is 2.41. The van der Waals surface area contributed by atoms with E-state index < -0.39 is 0 Å². The van der Waals surface area contributed by atoms with E-state index in [9.17, 15) is 0 Å². The van der Waals surface area contributed by atoms with Gasteiger partial charge in [0.05, 0.1) is 0 Å². The summed E-state index contributed by atoms with van der Waals surface area (Å²) in [6.07, 6.45) is 12.3. The van der Waals surface area contributed by atoms with Crippen LogP contribution in [0.25, 0.3) is 6.08 Å². The summed E-state index contributed by atoms with van der Waals surface area (Å²) in [7, 11) is 0. The summed E-state index contributed by atoms with van der Waals surface area (Å²) in [4.78, 5) is 0. The highest BCUT2D eigenvalue weighted by Crippen LogP contribution is 2.36. The number of hydrogen-bond donors (Lipinski definition) is 0. The van der Waals surface area contributed by atoms with Crippen molar-refractivity contribution in [1.82, 2.24) is 0 Å². The summed E-state index contributed by atoms with van der Waals surface area (Å²) >= 11 is 0. The van der Waals surface area contributed by atoms with Gasteiger partial charge >= 0.3 is 0 Å². The highest BCUT2D eigenvalue weighted by molar-refractivity contribution is 5.49. The van der Waals surface area contributed by atoms with E-state index in [0.717, 1.165) is 11.8 Å². The lowest BCUT2D eigenvalue weighted by Crippen LogP contribution is -2.15. The predicted octanol–water partition coefficient (Wildman–Crippen LogP) is 5.47. The standard InChI is InChI=1S/C18H24/c1-3-17-13-12-16(14-18(17)4-2)11-10-15-8-6-5-7-9-15/h4-11,16-17H,3,12-14H2,1-2H3/b11-10+,18-4+. The fourth-order valence-electron chi connectivity index (χ4n) is 2.97. The Hall–Kier alpha value is -1.30. The fourth-order valence-corrected chi connectivity index (χ4v) is 2.97. The van der Waals surface area contributed by atoms with Gasteiger partial charge in [0.15, 0.2) is 0 Å². The average molecular weight is 240 g/mol. The van der Waals surface area contributed by atoms with Gasteiger partial charge in [0.2, 0.25) is 0 Å². The first kappa shape index (κ1) is 13.1. The minimum absolute atomic E-state index is 0.735. The first-order chi connectivity index (χ1) is 8.83. The molecule has 2 rings (SSSR count). The molecule has 1 aliphatic rings. The molecule has 1 fully saturated rings. The molecule has 2 unspecified atom stereocenters. The highest BCUT2D eigenvalue weighted by atomic mass is 14.3. The molecule has 0 radical (unpaired) electrons. The summed E-state index contributed by atoms with van der Waals surface area (Å²) in [5.41, 5.74) is 2.99. The lowest BCUT2D eigenvalue weighted by Gasteiger charge is -2.29. The van der Waals surface area contributed by atoms with Gasteiger partial charge in [0, 0.05) is 0 Å².